The molecule has 2 aliphatic heterocycles. The van der Waals surface area contributed by atoms with E-state index in [0.29, 0.717) is 49.0 Å². The van der Waals surface area contributed by atoms with Crippen LogP contribution in [0.5, 0.6) is 11.5 Å². The lowest BCUT2D eigenvalue weighted by Crippen LogP contribution is -2.79. The van der Waals surface area contributed by atoms with E-state index in [-0.39, 0.29) is 17.8 Å². The SMILES string of the molecule is CC(=O)Oc1ccc2c3c1O[C@H]1[C@H](NS(=O)(=O)Cc4ccccc4CC(C)C)CC[C@@]4(OC(C)=O)[C@@H](C2)N(CC2CC2)CC[C@]314. The maximum atomic E-state index is 13.9. The predicted molar refractivity (Wildman–Crippen MR) is 169 cm³/mol. The largest absolute Gasteiger partial charge is 0.483 e. The monoisotopic (exact) mass is 636 g/mol. The van der Waals surface area contributed by atoms with Crippen molar-refractivity contribution in [3.05, 3.63) is 58.7 Å². The summed E-state index contributed by atoms with van der Waals surface area (Å²) in [6, 6.07) is 10.9. The number of hydrogen-bond acceptors (Lipinski definition) is 8. The van der Waals surface area contributed by atoms with Gasteiger partial charge in [-0.3, -0.25) is 14.5 Å². The van der Waals surface area contributed by atoms with Gasteiger partial charge < -0.3 is 14.2 Å². The smallest absolute Gasteiger partial charge is 0.308 e. The highest BCUT2D eigenvalue weighted by Gasteiger charge is 2.75. The minimum atomic E-state index is -3.78. The highest BCUT2D eigenvalue weighted by Crippen LogP contribution is 2.67. The molecule has 0 radical (unpaired) electrons. The van der Waals surface area contributed by atoms with Gasteiger partial charge in [0.15, 0.2) is 11.5 Å². The zero-order chi connectivity index (χ0) is 31.7. The van der Waals surface area contributed by atoms with E-state index in [1.165, 1.54) is 26.7 Å². The van der Waals surface area contributed by atoms with E-state index in [1.54, 1.807) is 6.07 Å². The summed E-state index contributed by atoms with van der Waals surface area (Å²) in [5.74, 6) is 0.921. The molecule has 5 aliphatic rings. The number of nitrogens with one attached hydrogen (secondary N) is 1. The van der Waals surface area contributed by atoms with Gasteiger partial charge in [0.05, 0.1) is 23.3 Å². The molecular weight excluding hydrogens is 592 g/mol. The molecule has 10 heteroatoms. The van der Waals surface area contributed by atoms with Gasteiger partial charge in [0.2, 0.25) is 10.0 Å². The van der Waals surface area contributed by atoms with Crippen LogP contribution in [0.15, 0.2) is 36.4 Å². The van der Waals surface area contributed by atoms with Crippen LogP contribution in [0, 0.1) is 11.8 Å². The van der Waals surface area contributed by atoms with E-state index < -0.39 is 39.2 Å². The third-order valence-corrected chi connectivity index (χ3v) is 12.1. The van der Waals surface area contributed by atoms with Crippen LogP contribution in [-0.4, -0.2) is 62.1 Å². The third kappa shape index (κ3) is 5.17. The van der Waals surface area contributed by atoms with Crippen molar-refractivity contribution in [2.45, 2.75) is 108 Å². The van der Waals surface area contributed by atoms with Crippen LogP contribution in [0.2, 0.25) is 0 Å². The number of ether oxygens (including phenoxy) is 3. The fourth-order valence-electron chi connectivity index (χ4n) is 9.08. The number of hydrogen-bond donors (Lipinski definition) is 1. The van der Waals surface area contributed by atoms with Gasteiger partial charge in [0, 0.05) is 26.0 Å². The van der Waals surface area contributed by atoms with E-state index in [4.69, 9.17) is 14.2 Å². The molecule has 242 valence electrons. The van der Waals surface area contributed by atoms with Crippen molar-refractivity contribution in [1.82, 2.24) is 9.62 Å². The third-order valence-electron chi connectivity index (χ3n) is 10.7. The summed E-state index contributed by atoms with van der Waals surface area (Å²) >= 11 is 0. The van der Waals surface area contributed by atoms with Gasteiger partial charge in [-0.25, -0.2) is 13.1 Å². The van der Waals surface area contributed by atoms with Gasteiger partial charge in [-0.15, -0.1) is 0 Å². The fourth-order valence-corrected chi connectivity index (χ4v) is 10.6. The van der Waals surface area contributed by atoms with Gasteiger partial charge >= 0.3 is 11.9 Å². The van der Waals surface area contributed by atoms with Crippen molar-refractivity contribution < 1.29 is 32.2 Å². The van der Waals surface area contributed by atoms with Crippen LogP contribution in [0.3, 0.4) is 0 Å². The second kappa shape index (κ2) is 11.1. The first kappa shape index (κ1) is 30.7. The molecule has 2 aromatic rings. The molecular formula is C35H44N2O7S. The Balaban J connectivity index is 1.30. The number of piperidine rings is 1. The molecule has 45 heavy (non-hydrogen) atoms. The summed E-state index contributed by atoms with van der Waals surface area (Å²) in [5.41, 5.74) is 2.15. The Morgan fingerprint density at radius 2 is 1.80 bits per heavy atom. The molecule has 2 aromatic carbocycles. The molecule has 3 aliphatic carbocycles. The molecule has 2 bridgehead atoms. The number of rotatable bonds is 10. The van der Waals surface area contributed by atoms with Gasteiger partial charge in [-0.2, -0.15) is 0 Å². The normalized spacial score (nSPS) is 30.0. The lowest BCUT2D eigenvalue weighted by atomic mass is 9.48. The molecule has 0 unspecified atom stereocenters. The minimum Gasteiger partial charge on any atom is -0.483 e. The highest BCUT2D eigenvalue weighted by atomic mass is 32.2. The Kier molecular flexibility index (Phi) is 7.56. The maximum absolute atomic E-state index is 13.9. The Hall–Kier alpha value is -2.95. The summed E-state index contributed by atoms with van der Waals surface area (Å²) in [5, 5.41) is 0. The lowest BCUT2D eigenvalue weighted by Gasteiger charge is -2.65. The summed E-state index contributed by atoms with van der Waals surface area (Å²) in [6.07, 6.45) is 4.89. The summed E-state index contributed by atoms with van der Waals surface area (Å²) in [6.45, 7) is 8.84. The number of benzene rings is 2. The Morgan fingerprint density at radius 3 is 2.49 bits per heavy atom. The van der Waals surface area contributed by atoms with Gasteiger partial charge in [-0.05, 0) is 86.1 Å². The predicted octanol–water partition coefficient (Wildman–Crippen LogP) is 4.43. The number of esters is 2. The van der Waals surface area contributed by atoms with Crippen molar-refractivity contribution in [2.24, 2.45) is 11.8 Å². The average Bonchev–Trinajstić information content (AvgIpc) is 3.69. The topological polar surface area (TPSA) is 111 Å². The molecule has 2 saturated carbocycles. The van der Waals surface area contributed by atoms with Gasteiger partial charge in [-0.1, -0.05) is 44.2 Å². The summed E-state index contributed by atoms with van der Waals surface area (Å²) in [4.78, 5) is 27.6. The molecule has 0 amide bonds. The first-order valence-corrected chi connectivity index (χ1v) is 18.1. The van der Waals surface area contributed by atoms with Crippen molar-refractivity contribution in [1.29, 1.82) is 0 Å². The lowest BCUT2D eigenvalue weighted by molar-refractivity contribution is -0.218. The number of likely N-dealkylation sites (tertiary alicyclic amines) is 1. The fraction of sp³-hybridized carbons (Fsp3) is 0.600. The zero-order valence-corrected chi connectivity index (χ0v) is 27.5. The van der Waals surface area contributed by atoms with Crippen molar-refractivity contribution in [3.63, 3.8) is 0 Å². The minimum absolute atomic E-state index is 0.0552. The Bertz CT molecular complexity index is 1640. The second-order valence-corrected chi connectivity index (χ2v) is 16.1. The quantitative estimate of drug-likeness (QED) is 0.301. The first-order chi connectivity index (χ1) is 21.4. The molecule has 5 atom stereocenters. The van der Waals surface area contributed by atoms with Crippen LogP contribution in [0.25, 0.3) is 0 Å². The van der Waals surface area contributed by atoms with Crippen LogP contribution in [0.4, 0.5) is 0 Å². The molecule has 3 fully saturated rings. The molecule has 7 rings (SSSR count). The van der Waals surface area contributed by atoms with Crippen LogP contribution >= 0.6 is 0 Å². The van der Waals surface area contributed by atoms with E-state index in [0.717, 1.165) is 41.8 Å². The van der Waals surface area contributed by atoms with E-state index in [9.17, 15) is 18.0 Å². The number of carbonyl (C=O) groups is 2. The molecule has 9 nitrogen and oxygen atoms in total. The number of carbonyl (C=O) groups excluding carboxylic acids is 2. The molecule has 2 heterocycles. The van der Waals surface area contributed by atoms with E-state index >= 15 is 0 Å². The van der Waals surface area contributed by atoms with E-state index in [2.05, 4.69) is 23.5 Å². The van der Waals surface area contributed by atoms with Gasteiger partial charge in [0.25, 0.3) is 0 Å². The van der Waals surface area contributed by atoms with Crippen molar-refractivity contribution in [3.8, 4) is 11.5 Å². The van der Waals surface area contributed by atoms with Crippen molar-refractivity contribution >= 4 is 22.0 Å². The summed E-state index contributed by atoms with van der Waals surface area (Å²) in [7, 11) is -3.78. The molecule has 1 N–H and O–H groups in total. The molecule has 1 saturated heterocycles. The molecule has 0 aromatic heterocycles. The van der Waals surface area contributed by atoms with Crippen LogP contribution in [0.1, 0.15) is 82.1 Å². The number of nitrogens with zero attached hydrogens (tertiary/aromatic N) is 1. The highest BCUT2D eigenvalue weighted by molar-refractivity contribution is 7.88. The van der Waals surface area contributed by atoms with Crippen molar-refractivity contribution in [2.75, 3.05) is 13.1 Å². The molecule has 1 spiro atoms. The second-order valence-electron chi connectivity index (χ2n) is 14.3. The zero-order valence-electron chi connectivity index (χ0n) is 26.6. The maximum Gasteiger partial charge on any atom is 0.308 e. The van der Waals surface area contributed by atoms with E-state index in [1.807, 2.05) is 30.3 Å². The van der Waals surface area contributed by atoms with Crippen LogP contribution in [-0.2, 0) is 48.4 Å². The Morgan fingerprint density at radius 1 is 1.04 bits per heavy atom. The first-order valence-electron chi connectivity index (χ1n) is 16.4. The number of sulfonamides is 1. The standard InChI is InChI=1S/C35H44N2O7S/c1-21(2)17-25-7-5-6-8-27(25)20-45(40,41)36-28-13-14-35(44-23(4)39)30-18-26-11-12-29(42-22(3)38)32-31(26)34(35,33(28)43-32)15-16-37(30)19-24-9-10-24/h5-8,11-12,21,24,28,30,33,36H,9-10,13-20H2,1-4H3/t28-,30-,33+,34+,35-/m1/s1. The van der Waals surface area contributed by atoms with Gasteiger partial charge in [0.1, 0.15) is 11.7 Å². The van der Waals surface area contributed by atoms with Crippen LogP contribution < -0.4 is 14.2 Å². The summed E-state index contributed by atoms with van der Waals surface area (Å²) < 4.78 is 49.9. The Labute approximate surface area is 266 Å². The average molecular weight is 637 g/mol.